The predicted octanol–water partition coefficient (Wildman–Crippen LogP) is 5.83. The van der Waals surface area contributed by atoms with Crippen LogP contribution in [0.15, 0.2) is 60.3 Å². The number of hydrogen-bond acceptors (Lipinski definition) is 1. The van der Waals surface area contributed by atoms with Crippen molar-refractivity contribution in [3.05, 3.63) is 77.0 Å². The number of hydrogen-bond donors (Lipinski definition) is 0. The second kappa shape index (κ2) is 8.67. The SMILES string of the molecule is CCCCCC(=C=Cc1ccc(C#N)cc1)c1ccccc1. The highest BCUT2D eigenvalue weighted by atomic mass is 14.2. The van der Waals surface area contributed by atoms with Gasteiger partial charge in [-0.1, -0.05) is 62.2 Å². The summed E-state index contributed by atoms with van der Waals surface area (Å²) in [6.07, 6.45) is 6.71. The number of benzene rings is 2. The summed E-state index contributed by atoms with van der Waals surface area (Å²) in [7, 11) is 0. The van der Waals surface area contributed by atoms with Gasteiger partial charge in [0.1, 0.15) is 0 Å². The summed E-state index contributed by atoms with van der Waals surface area (Å²) in [4.78, 5) is 0. The summed E-state index contributed by atoms with van der Waals surface area (Å²) in [6.45, 7) is 2.22. The summed E-state index contributed by atoms with van der Waals surface area (Å²) in [5.74, 6) is 0. The molecule has 2 aromatic carbocycles. The lowest BCUT2D eigenvalue weighted by Crippen LogP contribution is -1.84. The lowest BCUT2D eigenvalue weighted by atomic mass is 10.00. The van der Waals surface area contributed by atoms with Gasteiger partial charge in [0.25, 0.3) is 0 Å². The Kier molecular flexibility index (Phi) is 6.24. The van der Waals surface area contributed by atoms with Crippen molar-refractivity contribution < 1.29 is 0 Å². The quantitative estimate of drug-likeness (QED) is 0.484. The molecule has 1 heteroatoms. The van der Waals surface area contributed by atoms with Gasteiger partial charge in [-0.25, -0.2) is 0 Å². The van der Waals surface area contributed by atoms with Crippen LogP contribution in [0, 0.1) is 11.3 Å². The maximum Gasteiger partial charge on any atom is 0.0991 e. The van der Waals surface area contributed by atoms with Gasteiger partial charge < -0.3 is 0 Å². The average Bonchev–Trinajstić information content (AvgIpc) is 2.59. The van der Waals surface area contributed by atoms with Gasteiger partial charge in [-0.2, -0.15) is 5.26 Å². The Morgan fingerprint density at radius 2 is 1.73 bits per heavy atom. The molecule has 0 aromatic heterocycles. The Balaban J connectivity index is 2.26. The highest BCUT2D eigenvalue weighted by Gasteiger charge is 2.00. The van der Waals surface area contributed by atoms with Gasteiger partial charge in [-0.05, 0) is 42.2 Å². The van der Waals surface area contributed by atoms with E-state index in [1.54, 1.807) is 0 Å². The third-order valence-corrected chi connectivity index (χ3v) is 3.61. The van der Waals surface area contributed by atoms with Crippen LogP contribution < -0.4 is 0 Å². The highest BCUT2D eigenvalue weighted by molar-refractivity contribution is 5.69. The molecule has 0 aliphatic carbocycles. The first-order chi connectivity index (χ1) is 10.8. The Bertz CT molecular complexity index is 681. The Morgan fingerprint density at radius 3 is 2.36 bits per heavy atom. The van der Waals surface area contributed by atoms with Crippen LogP contribution in [0.3, 0.4) is 0 Å². The van der Waals surface area contributed by atoms with Crippen molar-refractivity contribution >= 4 is 11.6 Å². The van der Waals surface area contributed by atoms with Crippen molar-refractivity contribution in [3.63, 3.8) is 0 Å². The van der Waals surface area contributed by atoms with Crippen LogP contribution in [-0.4, -0.2) is 0 Å². The normalized spacial score (nSPS) is 9.64. The molecule has 0 heterocycles. The third-order valence-electron chi connectivity index (χ3n) is 3.61. The van der Waals surface area contributed by atoms with Gasteiger partial charge in [-0.15, -0.1) is 5.73 Å². The second-order valence-electron chi connectivity index (χ2n) is 5.32. The summed E-state index contributed by atoms with van der Waals surface area (Å²) >= 11 is 0. The van der Waals surface area contributed by atoms with Crippen LogP contribution in [-0.2, 0) is 0 Å². The summed E-state index contributed by atoms with van der Waals surface area (Å²) in [6, 6.07) is 20.2. The minimum Gasteiger partial charge on any atom is -0.192 e. The maximum atomic E-state index is 8.84. The van der Waals surface area contributed by atoms with Crippen LogP contribution in [0.1, 0.15) is 49.3 Å². The number of rotatable bonds is 6. The van der Waals surface area contributed by atoms with E-state index in [0.29, 0.717) is 5.56 Å². The largest absolute Gasteiger partial charge is 0.192 e. The molecule has 22 heavy (non-hydrogen) atoms. The van der Waals surface area contributed by atoms with E-state index in [2.05, 4.69) is 43.0 Å². The first-order valence-electron chi connectivity index (χ1n) is 7.84. The fourth-order valence-corrected chi connectivity index (χ4v) is 2.32. The molecule has 0 aliphatic heterocycles. The summed E-state index contributed by atoms with van der Waals surface area (Å²) in [5, 5.41) is 8.84. The van der Waals surface area contributed by atoms with Crippen molar-refractivity contribution in [1.82, 2.24) is 0 Å². The zero-order valence-electron chi connectivity index (χ0n) is 13.0. The molecule has 0 amide bonds. The third kappa shape index (κ3) is 4.77. The Morgan fingerprint density at radius 1 is 1.00 bits per heavy atom. The molecule has 0 fully saturated rings. The maximum absolute atomic E-state index is 8.84. The van der Waals surface area contributed by atoms with Crippen molar-refractivity contribution in [1.29, 1.82) is 5.26 Å². The summed E-state index contributed by atoms with van der Waals surface area (Å²) < 4.78 is 0. The van der Waals surface area contributed by atoms with E-state index in [1.165, 1.54) is 30.4 Å². The monoisotopic (exact) mass is 287 g/mol. The lowest BCUT2D eigenvalue weighted by Gasteiger charge is -2.04. The fourth-order valence-electron chi connectivity index (χ4n) is 2.32. The van der Waals surface area contributed by atoms with Crippen LogP contribution in [0.5, 0.6) is 0 Å². The molecule has 0 radical (unpaired) electrons. The van der Waals surface area contributed by atoms with E-state index in [1.807, 2.05) is 36.4 Å². The first kappa shape index (κ1) is 15.8. The molecule has 0 N–H and O–H groups in total. The van der Waals surface area contributed by atoms with Crippen LogP contribution in [0.25, 0.3) is 11.6 Å². The van der Waals surface area contributed by atoms with Crippen LogP contribution in [0.2, 0.25) is 0 Å². The predicted molar refractivity (Wildman–Crippen MR) is 93.1 cm³/mol. The number of unbranched alkanes of at least 4 members (excludes halogenated alkanes) is 2. The van der Waals surface area contributed by atoms with E-state index in [0.717, 1.165) is 12.0 Å². The molecule has 110 valence electrons. The van der Waals surface area contributed by atoms with Crippen molar-refractivity contribution in [3.8, 4) is 6.07 Å². The molecule has 2 rings (SSSR count). The van der Waals surface area contributed by atoms with Gasteiger partial charge in [0.2, 0.25) is 0 Å². The lowest BCUT2D eigenvalue weighted by molar-refractivity contribution is 0.735. The minimum atomic E-state index is 0.687. The number of nitriles is 1. The fraction of sp³-hybridized carbons (Fsp3) is 0.238. The van der Waals surface area contributed by atoms with Gasteiger partial charge in [0.15, 0.2) is 0 Å². The van der Waals surface area contributed by atoms with Crippen LogP contribution >= 0.6 is 0 Å². The van der Waals surface area contributed by atoms with Gasteiger partial charge in [0.05, 0.1) is 11.6 Å². The van der Waals surface area contributed by atoms with Crippen molar-refractivity contribution in [2.24, 2.45) is 0 Å². The second-order valence-corrected chi connectivity index (χ2v) is 5.32. The van der Waals surface area contributed by atoms with E-state index in [-0.39, 0.29) is 0 Å². The van der Waals surface area contributed by atoms with Crippen molar-refractivity contribution in [2.75, 3.05) is 0 Å². The molecule has 0 saturated carbocycles. The van der Waals surface area contributed by atoms with Gasteiger partial charge >= 0.3 is 0 Å². The van der Waals surface area contributed by atoms with Crippen LogP contribution in [0.4, 0.5) is 0 Å². The first-order valence-corrected chi connectivity index (χ1v) is 7.84. The molecule has 0 aliphatic rings. The minimum absolute atomic E-state index is 0.687. The molecular weight excluding hydrogens is 266 g/mol. The molecule has 0 unspecified atom stereocenters. The number of nitrogens with zero attached hydrogens (tertiary/aromatic N) is 1. The van der Waals surface area contributed by atoms with E-state index in [9.17, 15) is 0 Å². The zero-order chi connectivity index (χ0) is 15.6. The van der Waals surface area contributed by atoms with E-state index in [4.69, 9.17) is 5.26 Å². The standard InChI is InChI=1S/C21H21N/c1-2-3-5-8-21(20-9-6-4-7-10-20)16-15-18-11-13-19(17-22)14-12-18/h4,6-7,9-15H,2-3,5,8H2,1H3. The molecule has 1 nitrogen and oxygen atoms in total. The Labute approximate surface area is 133 Å². The van der Waals surface area contributed by atoms with Crippen molar-refractivity contribution in [2.45, 2.75) is 32.6 Å². The molecular formula is C21H21N. The molecule has 0 spiro atoms. The highest BCUT2D eigenvalue weighted by Crippen LogP contribution is 2.20. The van der Waals surface area contributed by atoms with Gasteiger partial charge in [0, 0.05) is 5.57 Å². The average molecular weight is 287 g/mol. The smallest absolute Gasteiger partial charge is 0.0991 e. The topological polar surface area (TPSA) is 23.8 Å². The van der Waals surface area contributed by atoms with E-state index < -0.39 is 0 Å². The molecule has 0 atom stereocenters. The zero-order valence-corrected chi connectivity index (χ0v) is 13.0. The van der Waals surface area contributed by atoms with E-state index >= 15 is 0 Å². The molecule has 0 bridgehead atoms. The molecule has 0 saturated heterocycles. The Hall–Kier alpha value is -2.55. The van der Waals surface area contributed by atoms with Gasteiger partial charge in [-0.3, -0.25) is 0 Å². The molecule has 2 aromatic rings. The summed E-state index contributed by atoms with van der Waals surface area (Å²) in [5.41, 5.74) is 7.70. The number of allylic oxidation sites excluding steroid dienone is 1.